The van der Waals surface area contributed by atoms with Crippen molar-refractivity contribution in [3.05, 3.63) is 59.7 Å². The molecular formula is C19H21NO5. The Balaban J connectivity index is 1.87. The summed E-state index contributed by atoms with van der Waals surface area (Å²) in [6.07, 6.45) is -0.197. The van der Waals surface area contributed by atoms with Crippen molar-refractivity contribution in [3.8, 4) is 11.5 Å². The molecule has 6 heteroatoms. The van der Waals surface area contributed by atoms with Gasteiger partial charge in [0.2, 0.25) is 0 Å². The van der Waals surface area contributed by atoms with Gasteiger partial charge in [-0.05, 0) is 49.7 Å². The number of nitrogens with one attached hydrogen (secondary N) is 1. The zero-order valence-electron chi connectivity index (χ0n) is 14.2. The van der Waals surface area contributed by atoms with E-state index in [9.17, 15) is 9.59 Å². The first-order valence-corrected chi connectivity index (χ1v) is 7.90. The number of hydrogen-bond donors (Lipinski definition) is 2. The topological polar surface area (TPSA) is 84.9 Å². The van der Waals surface area contributed by atoms with E-state index in [0.29, 0.717) is 17.9 Å². The summed E-state index contributed by atoms with van der Waals surface area (Å²) < 4.78 is 10.8. The second kappa shape index (κ2) is 8.73. The lowest BCUT2D eigenvalue weighted by Gasteiger charge is -2.16. The van der Waals surface area contributed by atoms with Crippen LogP contribution < -0.4 is 14.8 Å². The average molecular weight is 343 g/mol. The van der Waals surface area contributed by atoms with Crippen LogP contribution in [-0.4, -0.2) is 36.2 Å². The van der Waals surface area contributed by atoms with Gasteiger partial charge in [-0.15, -0.1) is 0 Å². The molecule has 0 bridgehead atoms. The van der Waals surface area contributed by atoms with Crippen LogP contribution in [0.3, 0.4) is 0 Å². The number of ether oxygens (including phenoxy) is 2. The van der Waals surface area contributed by atoms with E-state index < -0.39 is 12.6 Å². The summed E-state index contributed by atoms with van der Waals surface area (Å²) in [7, 11) is 0. The van der Waals surface area contributed by atoms with Crippen LogP contribution in [0.15, 0.2) is 48.5 Å². The van der Waals surface area contributed by atoms with Crippen molar-refractivity contribution in [2.24, 2.45) is 0 Å². The van der Waals surface area contributed by atoms with Gasteiger partial charge >= 0.3 is 5.97 Å². The third-order valence-corrected chi connectivity index (χ3v) is 3.34. The van der Waals surface area contributed by atoms with Gasteiger partial charge in [0.05, 0.1) is 6.54 Å². The lowest BCUT2D eigenvalue weighted by atomic mass is 10.2. The van der Waals surface area contributed by atoms with Crippen LogP contribution in [0.25, 0.3) is 0 Å². The van der Waals surface area contributed by atoms with Gasteiger partial charge < -0.3 is 19.9 Å². The lowest BCUT2D eigenvalue weighted by molar-refractivity contribution is -0.139. The fourth-order valence-electron chi connectivity index (χ4n) is 2.17. The number of amides is 1. The third kappa shape index (κ3) is 6.18. The summed E-state index contributed by atoms with van der Waals surface area (Å²) >= 11 is 0. The summed E-state index contributed by atoms with van der Waals surface area (Å²) in [5, 5.41) is 11.4. The summed E-state index contributed by atoms with van der Waals surface area (Å²) in [6, 6.07) is 14.1. The van der Waals surface area contributed by atoms with Gasteiger partial charge in [-0.2, -0.15) is 0 Å². The minimum atomic E-state index is -1.07. The van der Waals surface area contributed by atoms with E-state index >= 15 is 0 Å². The number of carboxylic acid groups (broad SMARTS) is 1. The van der Waals surface area contributed by atoms with Crippen molar-refractivity contribution in [2.45, 2.75) is 20.0 Å². The number of aryl methyl sites for hydroxylation is 1. The molecule has 1 atom stereocenters. The number of benzene rings is 2. The van der Waals surface area contributed by atoms with Crippen LogP contribution in [0.2, 0.25) is 0 Å². The molecule has 6 nitrogen and oxygen atoms in total. The van der Waals surface area contributed by atoms with Crippen LogP contribution in [-0.2, 0) is 4.79 Å². The lowest BCUT2D eigenvalue weighted by Crippen LogP contribution is -2.33. The predicted octanol–water partition coefficient (Wildman–Crippen LogP) is 2.66. The quantitative estimate of drug-likeness (QED) is 0.770. The van der Waals surface area contributed by atoms with E-state index in [1.54, 1.807) is 18.2 Å². The highest BCUT2D eigenvalue weighted by molar-refractivity contribution is 5.94. The van der Waals surface area contributed by atoms with Gasteiger partial charge in [-0.25, -0.2) is 4.79 Å². The predicted molar refractivity (Wildman–Crippen MR) is 93.2 cm³/mol. The van der Waals surface area contributed by atoms with E-state index in [-0.39, 0.29) is 12.0 Å². The zero-order chi connectivity index (χ0) is 18.2. The van der Waals surface area contributed by atoms with Gasteiger partial charge in [0.15, 0.2) is 6.61 Å². The fourth-order valence-corrected chi connectivity index (χ4v) is 2.17. The highest BCUT2D eigenvalue weighted by Crippen LogP contribution is 2.15. The van der Waals surface area contributed by atoms with E-state index in [2.05, 4.69) is 5.32 Å². The molecule has 0 aliphatic carbocycles. The maximum Gasteiger partial charge on any atom is 0.341 e. The molecule has 132 valence electrons. The second-order valence-corrected chi connectivity index (χ2v) is 5.67. The number of rotatable bonds is 8. The van der Waals surface area contributed by atoms with E-state index in [1.165, 1.54) is 6.07 Å². The molecule has 0 aliphatic rings. The van der Waals surface area contributed by atoms with Gasteiger partial charge in [-0.1, -0.05) is 18.2 Å². The fraction of sp³-hybridized carbons (Fsp3) is 0.263. The Labute approximate surface area is 146 Å². The summed E-state index contributed by atoms with van der Waals surface area (Å²) in [5.41, 5.74) is 1.50. The number of carboxylic acids is 1. The Morgan fingerprint density at radius 1 is 1.12 bits per heavy atom. The van der Waals surface area contributed by atoms with Crippen molar-refractivity contribution in [1.82, 2.24) is 5.32 Å². The Morgan fingerprint density at radius 2 is 1.84 bits per heavy atom. The molecule has 0 heterocycles. The molecule has 2 aromatic rings. The molecule has 0 fully saturated rings. The minimum Gasteiger partial charge on any atom is -0.489 e. The maximum atomic E-state index is 12.2. The Bertz CT molecular complexity index is 744. The molecule has 25 heavy (non-hydrogen) atoms. The highest BCUT2D eigenvalue weighted by Gasteiger charge is 2.10. The maximum absolute atomic E-state index is 12.2. The summed E-state index contributed by atoms with van der Waals surface area (Å²) in [5.74, 6) is -0.262. The molecule has 0 aliphatic heterocycles. The van der Waals surface area contributed by atoms with E-state index in [4.69, 9.17) is 14.6 Å². The second-order valence-electron chi connectivity index (χ2n) is 5.67. The van der Waals surface area contributed by atoms with Crippen molar-refractivity contribution in [2.75, 3.05) is 13.2 Å². The zero-order valence-corrected chi connectivity index (χ0v) is 14.2. The molecular weight excluding hydrogens is 322 g/mol. The summed E-state index contributed by atoms with van der Waals surface area (Å²) in [6.45, 7) is 3.74. The SMILES string of the molecule is Cc1cccc(OC(C)CNC(=O)c2cccc(OCC(=O)O)c2)c1. The van der Waals surface area contributed by atoms with Crippen molar-refractivity contribution >= 4 is 11.9 Å². The normalized spacial score (nSPS) is 11.4. The molecule has 2 N–H and O–H groups in total. The molecule has 0 saturated carbocycles. The largest absolute Gasteiger partial charge is 0.489 e. The third-order valence-electron chi connectivity index (χ3n) is 3.34. The average Bonchev–Trinajstić information content (AvgIpc) is 2.58. The van der Waals surface area contributed by atoms with Gasteiger partial charge in [0.1, 0.15) is 17.6 Å². The molecule has 0 spiro atoms. The molecule has 0 aromatic heterocycles. The first-order valence-electron chi connectivity index (χ1n) is 7.90. The standard InChI is InChI=1S/C19H21NO5/c1-13-5-3-8-17(9-13)25-14(2)11-20-19(23)15-6-4-7-16(10-15)24-12-18(21)22/h3-10,14H,11-12H2,1-2H3,(H,20,23)(H,21,22). The number of aliphatic carboxylic acids is 1. The smallest absolute Gasteiger partial charge is 0.341 e. The molecule has 0 radical (unpaired) electrons. The van der Waals surface area contributed by atoms with E-state index in [0.717, 1.165) is 11.3 Å². The first kappa shape index (κ1) is 18.3. The van der Waals surface area contributed by atoms with Crippen molar-refractivity contribution in [3.63, 3.8) is 0 Å². The molecule has 2 aromatic carbocycles. The van der Waals surface area contributed by atoms with Crippen LogP contribution in [0.1, 0.15) is 22.8 Å². The molecule has 2 rings (SSSR count). The molecule has 1 amide bonds. The van der Waals surface area contributed by atoms with Crippen LogP contribution in [0, 0.1) is 6.92 Å². The molecule has 1 unspecified atom stereocenters. The van der Waals surface area contributed by atoms with Crippen molar-refractivity contribution in [1.29, 1.82) is 0 Å². The molecule has 0 saturated heterocycles. The van der Waals surface area contributed by atoms with Crippen LogP contribution in [0.5, 0.6) is 11.5 Å². The Kier molecular flexibility index (Phi) is 6.39. The van der Waals surface area contributed by atoms with Crippen LogP contribution in [0.4, 0.5) is 0 Å². The number of carbonyl (C=O) groups excluding carboxylic acids is 1. The van der Waals surface area contributed by atoms with Gasteiger partial charge in [-0.3, -0.25) is 4.79 Å². The summed E-state index contributed by atoms with van der Waals surface area (Å²) in [4.78, 5) is 22.7. The highest BCUT2D eigenvalue weighted by atomic mass is 16.5. The van der Waals surface area contributed by atoms with Gasteiger partial charge in [0, 0.05) is 5.56 Å². The van der Waals surface area contributed by atoms with Crippen molar-refractivity contribution < 1.29 is 24.2 Å². The monoisotopic (exact) mass is 343 g/mol. The Morgan fingerprint density at radius 3 is 2.56 bits per heavy atom. The Hall–Kier alpha value is -3.02. The van der Waals surface area contributed by atoms with Gasteiger partial charge in [0.25, 0.3) is 5.91 Å². The number of carbonyl (C=O) groups is 2. The minimum absolute atomic E-state index is 0.197. The first-order chi connectivity index (χ1) is 11.9. The number of hydrogen-bond acceptors (Lipinski definition) is 4. The van der Waals surface area contributed by atoms with Crippen LogP contribution >= 0.6 is 0 Å². The van der Waals surface area contributed by atoms with E-state index in [1.807, 2.05) is 38.1 Å².